The maximum Gasteiger partial charge on any atom is 0.239 e. The van der Waals surface area contributed by atoms with E-state index >= 15 is 0 Å². The second-order valence-electron chi connectivity index (χ2n) is 7.46. The molecule has 164 valence electrons. The van der Waals surface area contributed by atoms with E-state index in [2.05, 4.69) is 11.0 Å². The molecule has 2 aromatic rings. The molecule has 0 aromatic heterocycles. The van der Waals surface area contributed by atoms with Gasteiger partial charge in [0, 0.05) is 32.7 Å². The first-order chi connectivity index (χ1) is 15.0. The highest BCUT2D eigenvalue weighted by atomic mass is 16.5. The van der Waals surface area contributed by atoms with Crippen LogP contribution in [-0.2, 0) is 4.79 Å². The molecular weight excluding hydrogens is 396 g/mol. The van der Waals surface area contributed by atoms with Gasteiger partial charge in [-0.15, -0.1) is 0 Å². The molecule has 0 bridgehead atoms. The molecule has 0 aliphatic carbocycles. The lowest BCUT2D eigenvalue weighted by Crippen LogP contribution is -2.52. The predicted octanol–water partition coefficient (Wildman–Crippen LogP) is 1.15. The highest BCUT2D eigenvalue weighted by Gasteiger charge is 2.31. The third-order valence-corrected chi connectivity index (χ3v) is 5.39. The van der Waals surface area contributed by atoms with Crippen molar-refractivity contribution in [2.45, 2.75) is 12.1 Å². The van der Waals surface area contributed by atoms with Crippen molar-refractivity contribution in [3.05, 3.63) is 59.7 Å². The average molecular weight is 425 g/mol. The summed E-state index contributed by atoms with van der Waals surface area (Å²) in [6, 6.07) is 15.9. The van der Waals surface area contributed by atoms with E-state index in [9.17, 15) is 15.2 Å². The first-order valence-corrected chi connectivity index (χ1v) is 10.2. The van der Waals surface area contributed by atoms with Gasteiger partial charge in [-0.2, -0.15) is 5.26 Å². The number of nitrogens with zero attached hydrogens (tertiary/aromatic N) is 3. The summed E-state index contributed by atoms with van der Waals surface area (Å²) in [6.07, 6.45) is -0.664. The van der Waals surface area contributed by atoms with Crippen LogP contribution < -0.4 is 15.2 Å². The molecular formula is C23H28N4O4. The number of nitriles is 1. The minimum absolute atomic E-state index is 0.153. The number of aliphatic hydroxyl groups is 1. The molecule has 1 aliphatic heterocycles. The van der Waals surface area contributed by atoms with E-state index in [-0.39, 0.29) is 6.61 Å². The standard InChI is InChI=1S/C23H28N4O4/c1-30-20-8-4-5-9-21(20)31-16-18(28)15-26-10-12-27(13-11-26)22(23(25)29)19-7-3-2-6-17(19)14-24/h2-9,18,22,28H,10-13,15-16H2,1H3,(H2,25,29). The van der Waals surface area contributed by atoms with Crippen molar-refractivity contribution in [2.75, 3.05) is 46.4 Å². The zero-order valence-corrected chi connectivity index (χ0v) is 17.6. The minimum atomic E-state index is -0.664. The van der Waals surface area contributed by atoms with Crippen molar-refractivity contribution >= 4 is 5.91 Å². The summed E-state index contributed by atoms with van der Waals surface area (Å²) >= 11 is 0. The van der Waals surface area contributed by atoms with Gasteiger partial charge in [-0.1, -0.05) is 30.3 Å². The van der Waals surface area contributed by atoms with Crippen LogP contribution in [0.5, 0.6) is 11.5 Å². The van der Waals surface area contributed by atoms with E-state index in [1.54, 1.807) is 43.5 Å². The molecule has 0 spiro atoms. The van der Waals surface area contributed by atoms with Gasteiger partial charge >= 0.3 is 0 Å². The Morgan fingerprint density at radius 1 is 1.13 bits per heavy atom. The average Bonchev–Trinajstić information content (AvgIpc) is 2.79. The molecule has 3 N–H and O–H groups in total. The number of amides is 1. The van der Waals surface area contributed by atoms with Crippen LogP contribution in [0.25, 0.3) is 0 Å². The lowest BCUT2D eigenvalue weighted by atomic mass is 9.98. The zero-order valence-electron chi connectivity index (χ0n) is 17.6. The van der Waals surface area contributed by atoms with Crippen molar-refractivity contribution in [3.63, 3.8) is 0 Å². The summed E-state index contributed by atoms with van der Waals surface area (Å²) in [5.74, 6) is 0.745. The van der Waals surface area contributed by atoms with Gasteiger partial charge in [0.1, 0.15) is 18.8 Å². The molecule has 1 heterocycles. The Bertz CT molecular complexity index is 922. The number of benzene rings is 2. The van der Waals surface area contributed by atoms with Crippen LogP contribution in [0, 0.1) is 11.3 Å². The molecule has 1 aliphatic rings. The van der Waals surface area contributed by atoms with E-state index in [4.69, 9.17) is 15.2 Å². The predicted molar refractivity (Wildman–Crippen MR) is 116 cm³/mol. The van der Waals surface area contributed by atoms with Crippen LogP contribution >= 0.6 is 0 Å². The van der Waals surface area contributed by atoms with Gasteiger partial charge < -0.3 is 20.3 Å². The van der Waals surface area contributed by atoms with Crippen LogP contribution in [0.4, 0.5) is 0 Å². The summed E-state index contributed by atoms with van der Waals surface area (Å²) in [4.78, 5) is 16.3. The third kappa shape index (κ3) is 5.73. The highest BCUT2D eigenvalue weighted by Crippen LogP contribution is 2.26. The van der Waals surface area contributed by atoms with E-state index < -0.39 is 18.1 Å². The van der Waals surface area contributed by atoms with E-state index in [0.29, 0.717) is 55.3 Å². The van der Waals surface area contributed by atoms with Crippen molar-refractivity contribution in [3.8, 4) is 17.6 Å². The van der Waals surface area contributed by atoms with Gasteiger partial charge in [-0.25, -0.2) is 0 Å². The number of rotatable bonds is 9. The first kappa shape index (κ1) is 22.6. The third-order valence-electron chi connectivity index (χ3n) is 5.39. The lowest BCUT2D eigenvalue weighted by Gasteiger charge is -2.39. The second kappa shape index (κ2) is 10.8. The molecule has 1 amide bonds. The van der Waals surface area contributed by atoms with Gasteiger partial charge in [0.15, 0.2) is 11.5 Å². The molecule has 31 heavy (non-hydrogen) atoms. The van der Waals surface area contributed by atoms with Gasteiger partial charge in [0.25, 0.3) is 0 Å². The number of carbonyl (C=O) groups excluding carboxylic acids is 1. The Morgan fingerprint density at radius 2 is 1.77 bits per heavy atom. The lowest BCUT2D eigenvalue weighted by molar-refractivity contribution is -0.124. The Hall–Kier alpha value is -3.12. The molecule has 2 atom stereocenters. The van der Waals surface area contributed by atoms with E-state index in [0.717, 1.165) is 0 Å². The zero-order chi connectivity index (χ0) is 22.2. The number of carbonyl (C=O) groups is 1. The summed E-state index contributed by atoms with van der Waals surface area (Å²) in [6.45, 7) is 3.16. The highest BCUT2D eigenvalue weighted by molar-refractivity contribution is 5.82. The molecule has 1 fully saturated rings. The van der Waals surface area contributed by atoms with Crippen molar-refractivity contribution < 1.29 is 19.4 Å². The largest absolute Gasteiger partial charge is 0.493 e. The molecule has 1 saturated heterocycles. The van der Waals surface area contributed by atoms with Gasteiger partial charge in [0.05, 0.1) is 18.7 Å². The number of piperazine rings is 1. The fourth-order valence-electron chi connectivity index (χ4n) is 3.85. The maximum atomic E-state index is 12.2. The van der Waals surface area contributed by atoms with Crippen LogP contribution in [0.3, 0.4) is 0 Å². The number of ether oxygens (including phenoxy) is 2. The first-order valence-electron chi connectivity index (χ1n) is 10.2. The van der Waals surface area contributed by atoms with Crippen LogP contribution in [-0.4, -0.2) is 73.4 Å². The minimum Gasteiger partial charge on any atom is -0.493 e. The van der Waals surface area contributed by atoms with Gasteiger partial charge in [-0.3, -0.25) is 14.6 Å². The smallest absolute Gasteiger partial charge is 0.239 e. The molecule has 2 aromatic carbocycles. The summed E-state index contributed by atoms with van der Waals surface area (Å²) in [7, 11) is 1.58. The number of hydrogen-bond donors (Lipinski definition) is 2. The van der Waals surface area contributed by atoms with Crippen LogP contribution in [0.15, 0.2) is 48.5 Å². The molecule has 8 nitrogen and oxygen atoms in total. The van der Waals surface area contributed by atoms with Crippen LogP contribution in [0.1, 0.15) is 17.2 Å². The maximum absolute atomic E-state index is 12.2. The Labute approximate surface area is 182 Å². The van der Waals surface area contributed by atoms with Crippen LogP contribution in [0.2, 0.25) is 0 Å². The molecule has 8 heteroatoms. The Balaban J connectivity index is 1.53. The molecule has 2 unspecified atom stereocenters. The number of methoxy groups -OCH3 is 1. The molecule has 3 rings (SSSR count). The Morgan fingerprint density at radius 3 is 2.42 bits per heavy atom. The SMILES string of the molecule is COc1ccccc1OCC(O)CN1CCN(C(C(N)=O)c2ccccc2C#N)CC1. The summed E-state index contributed by atoms with van der Waals surface area (Å²) < 4.78 is 11.0. The Kier molecular flexibility index (Phi) is 7.84. The molecule has 0 saturated carbocycles. The van der Waals surface area contributed by atoms with Gasteiger partial charge in [0.2, 0.25) is 5.91 Å². The number of aliphatic hydroxyl groups excluding tert-OH is 1. The fraction of sp³-hybridized carbons (Fsp3) is 0.391. The normalized spacial score (nSPS) is 16.8. The van der Waals surface area contributed by atoms with Crippen molar-refractivity contribution in [1.82, 2.24) is 9.80 Å². The monoisotopic (exact) mass is 424 g/mol. The van der Waals surface area contributed by atoms with Crippen molar-refractivity contribution in [2.24, 2.45) is 5.73 Å². The number of nitrogens with two attached hydrogens (primary N) is 1. The quantitative estimate of drug-likeness (QED) is 0.621. The topological polar surface area (TPSA) is 112 Å². The number of β-amino-alcohol motifs (C(OH)–C–C–N with tert-alkyl or cyclic N) is 1. The number of hydrogen-bond acceptors (Lipinski definition) is 7. The number of para-hydroxylation sites is 2. The van der Waals surface area contributed by atoms with Crippen molar-refractivity contribution in [1.29, 1.82) is 5.26 Å². The van der Waals surface area contributed by atoms with E-state index in [1.807, 2.05) is 17.0 Å². The van der Waals surface area contributed by atoms with E-state index in [1.165, 1.54) is 0 Å². The summed E-state index contributed by atoms with van der Waals surface area (Å²) in [5.41, 5.74) is 6.78. The summed E-state index contributed by atoms with van der Waals surface area (Å²) in [5, 5.41) is 19.8. The molecule has 0 radical (unpaired) electrons. The van der Waals surface area contributed by atoms with Gasteiger partial charge in [-0.05, 0) is 23.8 Å². The fourth-order valence-corrected chi connectivity index (χ4v) is 3.85. The second-order valence-corrected chi connectivity index (χ2v) is 7.46. The number of primary amides is 1.